The molecule has 0 spiro atoms. The highest BCUT2D eigenvalue weighted by molar-refractivity contribution is 5.88. The Bertz CT molecular complexity index is 852. The van der Waals surface area contributed by atoms with E-state index >= 15 is 0 Å². The van der Waals surface area contributed by atoms with Crippen molar-refractivity contribution in [1.29, 1.82) is 0 Å². The molecule has 0 saturated heterocycles. The Morgan fingerprint density at radius 3 is 2.35 bits per heavy atom. The van der Waals surface area contributed by atoms with Crippen molar-refractivity contribution in [2.45, 2.75) is 59.0 Å². The van der Waals surface area contributed by atoms with E-state index < -0.39 is 6.04 Å². The second-order valence-electron chi connectivity index (χ2n) is 7.84. The molecule has 1 atom stereocenters. The van der Waals surface area contributed by atoms with Crippen LogP contribution in [-0.2, 0) is 16.1 Å². The molecule has 31 heavy (non-hydrogen) atoms. The van der Waals surface area contributed by atoms with Gasteiger partial charge in [0.25, 0.3) is 5.91 Å². The van der Waals surface area contributed by atoms with Gasteiger partial charge in [0.15, 0.2) is 6.61 Å². The lowest BCUT2D eigenvalue weighted by molar-refractivity contribution is -0.143. The van der Waals surface area contributed by atoms with Crippen molar-refractivity contribution in [3.05, 3.63) is 65.5 Å². The second-order valence-corrected chi connectivity index (χ2v) is 7.84. The molecular formula is C25H33FN2O3. The van der Waals surface area contributed by atoms with Crippen molar-refractivity contribution in [2.75, 3.05) is 13.2 Å². The number of nitrogens with zero attached hydrogens (tertiary/aromatic N) is 1. The van der Waals surface area contributed by atoms with Gasteiger partial charge in [-0.05, 0) is 48.1 Å². The molecule has 2 aromatic rings. The average Bonchev–Trinajstić information content (AvgIpc) is 2.77. The fraction of sp³-hybridized carbons (Fsp3) is 0.440. The molecule has 2 rings (SSSR count). The zero-order chi connectivity index (χ0) is 22.8. The van der Waals surface area contributed by atoms with Gasteiger partial charge < -0.3 is 15.0 Å². The first-order valence-electron chi connectivity index (χ1n) is 10.9. The van der Waals surface area contributed by atoms with Crippen LogP contribution in [0.3, 0.4) is 0 Å². The van der Waals surface area contributed by atoms with Crippen LogP contribution in [0.1, 0.15) is 57.6 Å². The van der Waals surface area contributed by atoms with Gasteiger partial charge in [0.05, 0.1) is 0 Å². The van der Waals surface area contributed by atoms with E-state index in [1.165, 1.54) is 17.0 Å². The SMILES string of the molecule is CCCNC(=O)C(CC)N(Cc1ccc(F)cc1)C(=O)COc1ccccc1C(C)C. The molecule has 0 aromatic heterocycles. The maximum Gasteiger partial charge on any atom is 0.261 e. The summed E-state index contributed by atoms with van der Waals surface area (Å²) in [4.78, 5) is 27.5. The Morgan fingerprint density at radius 1 is 1.06 bits per heavy atom. The van der Waals surface area contributed by atoms with Gasteiger partial charge in [-0.2, -0.15) is 0 Å². The summed E-state index contributed by atoms with van der Waals surface area (Å²) in [5.74, 6) is 0.0904. The molecule has 1 N–H and O–H groups in total. The Labute approximate surface area is 184 Å². The summed E-state index contributed by atoms with van der Waals surface area (Å²) >= 11 is 0. The number of benzene rings is 2. The number of nitrogens with one attached hydrogen (secondary N) is 1. The number of halogens is 1. The number of carbonyl (C=O) groups excluding carboxylic acids is 2. The van der Waals surface area contributed by atoms with Crippen LogP contribution in [0, 0.1) is 5.82 Å². The molecule has 0 heterocycles. The molecular weight excluding hydrogens is 395 g/mol. The van der Waals surface area contributed by atoms with Crippen LogP contribution in [0.25, 0.3) is 0 Å². The van der Waals surface area contributed by atoms with Crippen LogP contribution < -0.4 is 10.1 Å². The number of hydrogen-bond donors (Lipinski definition) is 1. The Hall–Kier alpha value is -2.89. The molecule has 2 amide bonds. The van der Waals surface area contributed by atoms with E-state index in [1.807, 2.05) is 38.1 Å². The lowest BCUT2D eigenvalue weighted by Crippen LogP contribution is -2.50. The molecule has 2 aromatic carbocycles. The summed E-state index contributed by atoms with van der Waals surface area (Å²) in [5, 5.41) is 2.88. The van der Waals surface area contributed by atoms with Gasteiger partial charge in [-0.3, -0.25) is 9.59 Å². The molecule has 0 fully saturated rings. The van der Waals surface area contributed by atoms with E-state index in [4.69, 9.17) is 4.74 Å². The van der Waals surface area contributed by atoms with Gasteiger partial charge in [0, 0.05) is 13.1 Å². The first kappa shape index (κ1) is 24.4. The first-order chi connectivity index (χ1) is 14.9. The van der Waals surface area contributed by atoms with Gasteiger partial charge >= 0.3 is 0 Å². The highest BCUT2D eigenvalue weighted by Crippen LogP contribution is 2.26. The number of ether oxygens (including phenoxy) is 1. The second kappa shape index (κ2) is 12.1. The molecule has 6 heteroatoms. The van der Waals surface area contributed by atoms with E-state index in [9.17, 15) is 14.0 Å². The van der Waals surface area contributed by atoms with E-state index in [2.05, 4.69) is 19.2 Å². The summed E-state index contributed by atoms with van der Waals surface area (Å²) in [6.45, 7) is 8.55. The van der Waals surface area contributed by atoms with E-state index in [0.29, 0.717) is 18.7 Å². The molecule has 0 aliphatic heterocycles. The highest BCUT2D eigenvalue weighted by atomic mass is 19.1. The molecule has 0 bridgehead atoms. The molecule has 0 aliphatic carbocycles. The van der Waals surface area contributed by atoms with Gasteiger partial charge in [-0.25, -0.2) is 4.39 Å². The predicted molar refractivity (Wildman–Crippen MR) is 120 cm³/mol. The van der Waals surface area contributed by atoms with Gasteiger partial charge in [-0.15, -0.1) is 0 Å². The van der Waals surface area contributed by atoms with E-state index in [0.717, 1.165) is 17.5 Å². The number of para-hydroxylation sites is 1. The quantitative estimate of drug-likeness (QED) is 0.566. The Balaban J connectivity index is 2.22. The molecule has 168 valence electrons. The minimum absolute atomic E-state index is 0.178. The maximum atomic E-state index is 13.3. The lowest BCUT2D eigenvalue weighted by Gasteiger charge is -2.30. The summed E-state index contributed by atoms with van der Waals surface area (Å²) in [6.07, 6.45) is 1.27. The maximum absolute atomic E-state index is 13.3. The Morgan fingerprint density at radius 2 is 1.74 bits per heavy atom. The van der Waals surface area contributed by atoms with Crippen LogP contribution in [0.5, 0.6) is 5.75 Å². The van der Waals surface area contributed by atoms with Crippen LogP contribution in [0.4, 0.5) is 4.39 Å². The monoisotopic (exact) mass is 428 g/mol. The van der Waals surface area contributed by atoms with Crippen molar-refractivity contribution in [3.8, 4) is 5.75 Å². The third kappa shape index (κ3) is 7.09. The first-order valence-corrected chi connectivity index (χ1v) is 10.9. The van der Waals surface area contributed by atoms with Gasteiger partial charge in [-0.1, -0.05) is 58.0 Å². The molecule has 0 aliphatic rings. The van der Waals surface area contributed by atoms with Gasteiger partial charge in [0.2, 0.25) is 5.91 Å². The lowest BCUT2D eigenvalue weighted by atomic mass is 10.0. The van der Waals surface area contributed by atoms with Gasteiger partial charge in [0.1, 0.15) is 17.6 Å². The fourth-order valence-electron chi connectivity index (χ4n) is 3.38. The average molecular weight is 429 g/mol. The minimum Gasteiger partial charge on any atom is -0.483 e. The third-order valence-electron chi connectivity index (χ3n) is 5.09. The van der Waals surface area contributed by atoms with E-state index in [1.54, 1.807) is 12.1 Å². The summed E-state index contributed by atoms with van der Waals surface area (Å²) in [7, 11) is 0. The largest absolute Gasteiger partial charge is 0.483 e. The summed E-state index contributed by atoms with van der Waals surface area (Å²) in [6, 6.07) is 13.0. The van der Waals surface area contributed by atoms with Crippen molar-refractivity contribution in [3.63, 3.8) is 0 Å². The number of hydrogen-bond acceptors (Lipinski definition) is 3. The number of rotatable bonds is 11. The molecule has 0 saturated carbocycles. The topological polar surface area (TPSA) is 58.6 Å². The molecule has 5 nitrogen and oxygen atoms in total. The van der Waals surface area contributed by atoms with Crippen molar-refractivity contribution in [1.82, 2.24) is 10.2 Å². The minimum atomic E-state index is -0.631. The van der Waals surface area contributed by atoms with Crippen LogP contribution >= 0.6 is 0 Å². The Kier molecular flexibility index (Phi) is 9.50. The third-order valence-corrected chi connectivity index (χ3v) is 5.09. The van der Waals surface area contributed by atoms with Crippen molar-refractivity contribution in [2.24, 2.45) is 0 Å². The number of amides is 2. The normalized spacial score (nSPS) is 11.8. The smallest absolute Gasteiger partial charge is 0.261 e. The summed E-state index contributed by atoms with van der Waals surface area (Å²) < 4.78 is 19.2. The molecule has 0 radical (unpaired) electrons. The number of carbonyl (C=O) groups is 2. The fourth-order valence-corrected chi connectivity index (χ4v) is 3.38. The highest BCUT2D eigenvalue weighted by Gasteiger charge is 2.29. The zero-order valence-electron chi connectivity index (χ0n) is 18.9. The van der Waals surface area contributed by atoms with Crippen molar-refractivity contribution < 1.29 is 18.7 Å². The molecule has 1 unspecified atom stereocenters. The van der Waals surface area contributed by atoms with Crippen LogP contribution in [0.2, 0.25) is 0 Å². The zero-order valence-corrected chi connectivity index (χ0v) is 18.9. The van der Waals surface area contributed by atoms with Crippen molar-refractivity contribution >= 4 is 11.8 Å². The predicted octanol–water partition coefficient (Wildman–Crippen LogP) is 4.66. The van der Waals surface area contributed by atoms with E-state index in [-0.39, 0.29) is 36.7 Å². The van der Waals surface area contributed by atoms with Crippen LogP contribution in [0.15, 0.2) is 48.5 Å². The standard InChI is InChI=1S/C25H33FN2O3/c1-5-15-27-25(30)22(6-2)28(16-19-11-13-20(26)14-12-19)24(29)17-31-23-10-8-7-9-21(23)18(3)4/h7-14,18,22H,5-6,15-17H2,1-4H3,(H,27,30). The summed E-state index contributed by atoms with van der Waals surface area (Å²) in [5.41, 5.74) is 1.77. The van der Waals surface area contributed by atoms with Crippen LogP contribution in [-0.4, -0.2) is 35.9 Å².